The Hall–Kier alpha value is -3.38. The standard InChI is InChI=1S/C22H26F3N5O4/c1-3-12-33-20(32)30-11-10-29(13-16(30)19(31)28-14-22(23,24)25)21(2,26)18-5-4-17(34-18)15-6-8-27-9-7-15/h3-9,16H,1,10-14,26H2,2H3,(H,28,31)/t16-,21?/m0/s1. The average molecular weight is 481 g/mol. The van der Waals surface area contributed by atoms with Gasteiger partial charge in [0.2, 0.25) is 5.91 Å². The number of hydrogen-bond acceptors (Lipinski definition) is 7. The molecule has 9 nitrogen and oxygen atoms in total. The van der Waals surface area contributed by atoms with E-state index in [1.807, 2.05) is 5.32 Å². The van der Waals surface area contributed by atoms with E-state index < -0.39 is 36.4 Å². The molecule has 34 heavy (non-hydrogen) atoms. The fourth-order valence-electron chi connectivity index (χ4n) is 3.60. The zero-order valence-electron chi connectivity index (χ0n) is 18.5. The molecule has 2 aromatic heterocycles. The van der Waals surface area contributed by atoms with Crippen LogP contribution in [0.15, 0.2) is 53.7 Å². The van der Waals surface area contributed by atoms with Crippen molar-refractivity contribution in [2.75, 3.05) is 32.8 Å². The molecular formula is C22H26F3N5O4. The first-order valence-electron chi connectivity index (χ1n) is 10.5. The van der Waals surface area contributed by atoms with Gasteiger partial charge < -0.3 is 20.2 Å². The summed E-state index contributed by atoms with van der Waals surface area (Å²) >= 11 is 0. The number of carbonyl (C=O) groups is 2. The molecular weight excluding hydrogens is 455 g/mol. The fraction of sp³-hybridized carbons (Fsp3) is 0.409. The average Bonchev–Trinajstić information content (AvgIpc) is 3.32. The molecule has 184 valence electrons. The number of aromatic nitrogens is 1. The number of halogens is 3. The second-order valence-electron chi connectivity index (χ2n) is 7.90. The highest BCUT2D eigenvalue weighted by molar-refractivity contribution is 5.86. The lowest BCUT2D eigenvalue weighted by Gasteiger charge is -2.45. The Kier molecular flexibility index (Phi) is 7.62. The van der Waals surface area contributed by atoms with Crippen molar-refractivity contribution >= 4 is 12.0 Å². The molecule has 0 aliphatic carbocycles. The van der Waals surface area contributed by atoms with E-state index in [1.54, 1.807) is 48.5 Å². The van der Waals surface area contributed by atoms with Crippen LogP contribution in [0.1, 0.15) is 12.7 Å². The number of amides is 2. The third-order valence-corrected chi connectivity index (χ3v) is 5.43. The van der Waals surface area contributed by atoms with Crippen molar-refractivity contribution in [3.63, 3.8) is 0 Å². The summed E-state index contributed by atoms with van der Waals surface area (Å²) in [5.74, 6) is -0.0260. The summed E-state index contributed by atoms with van der Waals surface area (Å²) in [5, 5.41) is 1.84. The molecule has 3 heterocycles. The lowest BCUT2D eigenvalue weighted by atomic mass is 10.0. The van der Waals surface area contributed by atoms with Crippen LogP contribution in [-0.2, 0) is 15.2 Å². The smallest absolute Gasteiger partial charge is 0.410 e. The number of nitrogens with two attached hydrogens (primary N) is 1. The van der Waals surface area contributed by atoms with Gasteiger partial charge in [-0.3, -0.25) is 19.6 Å². The summed E-state index contributed by atoms with van der Waals surface area (Å²) in [5.41, 5.74) is 6.14. The van der Waals surface area contributed by atoms with Crippen LogP contribution in [0.25, 0.3) is 11.3 Å². The van der Waals surface area contributed by atoms with Gasteiger partial charge in [0.25, 0.3) is 0 Å². The molecule has 1 aliphatic rings. The van der Waals surface area contributed by atoms with Crippen molar-refractivity contribution in [2.24, 2.45) is 5.73 Å². The van der Waals surface area contributed by atoms with Crippen molar-refractivity contribution in [3.05, 3.63) is 55.1 Å². The van der Waals surface area contributed by atoms with Crippen LogP contribution in [-0.4, -0.2) is 71.8 Å². The first-order chi connectivity index (χ1) is 16.0. The number of furan rings is 1. The summed E-state index contributed by atoms with van der Waals surface area (Å²) in [6.45, 7) is 3.59. The Balaban J connectivity index is 1.81. The predicted molar refractivity (Wildman–Crippen MR) is 116 cm³/mol. The minimum atomic E-state index is -4.60. The Labute approximate surface area is 194 Å². The van der Waals surface area contributed by atoms with Gasteiger partial charge in [0.15, 0.2) is 0 Å². The van der Waals surface area contributed by atoms with Gasteiger partial charge in [0.1, 0.15) is 36.4 Å². The van der Waals surface area contributed by atoms with E-state index in [4.69, 9.17) is 14.9 Å². The summed E-state index contributed by atoms with van der Waals surface area (Å²) in [7, 11) is 0. The van der Waals surface area contributed by atoms with E-state index in [9.17, 15) is 22.8 Å². The highest BCUT2D eigenvalue weighted by Crippen LogP contribution is 2.31. The first kappa shape index (κ1) is 25.2. The molecule has 1 fully saturated rings. The van der Waals surface area contributed by atoms with Crippen LogP contribution in [0.2, 0.25) is 0 Å². The molecule has 0 bridgehead atoms. The second-order valence-corrected chi connectivity index (χ2v) is 7.90. The summed E-state index contributed by atoms with van der Waals surface area (Å²) in [6.07, 6.45) is -0.843. The lowest BCUT2D eigenvalue weighted by molar-refractivity contribution is -0.143. The molecule has 0 radical (unpaired) electrons. The van der Waals surface area contributed by atoms with Crippen molar-refractivity contribution in [1.29, 1.82) is 0 Å². The minimum Gasteiger partial charge on any atom is -0.458 e. The topological polar surface area (TPSA) is 114 Å². The maximum Gasteiger partial charge on any atom is 0.410 e. The normalized spacial score (nSPS) is 18.7. The van der Waals surface area contributed by atoms with Gasteiger partial charge in [-0.2, -0.15) is 13.2 Å². The SMILES string of the molecule is C=CCOC(=O)N1CCN(C(C)(N)c2ccc(-c3ccncc3)o2)C[C@H]1C(=O)NCC(F)(F)F. The van der Waals surface area contributed by atoms with Gasteiger partial charge in [0.05, 0.1) is 0 Å². The summed E-state index contributed by atoms with van der Waals surface area (Å²) < 4.78 is 48.9. The zero-order chi connectivity index (χ0) is 24.9. The van der Waals surface area contributed by atoms with E-state index in [0.717, 1.165) is 10.5 Å². The molecule has 2 atom stereocenters. The quantitative estimate of drug-likeness (QED) is 0.584. The van der Waals surface area contributed by atoms with Crippen LogP contribution in [0, 0.1) is 0 Å². The van der Waals surface area contributed by atoms with Crippen LogP contribution < -0.4 is 11.1 Å². The molecule has 0 spiro atoms. The van der Waals surface area contributed by atoms with E-state index >= 15 is 0 Å². The molecule has 1 unspecified atom stereocenters. The van der Waals surface area contributed by atoms with Gasteiger partial charge in [-0.15, -0.1) is 0 Å². The number of piperazine rings is 1. The summed E-state index contributed by atoms with van der Waals surface area (Å²) in [6, 6.07) is 5.72. The number of carbonyl (C=O) groups excluding carboxylic acids is 2. The number of ether oxygens (including phenoxy) is 1. The van der Waals surface area contributed by atoms with E-state index in [1.165, 1.54) is 6.08 Å². The Morgan fingerprint density at radius 3 is 2.65 bits per heavy atom. The molecule has 1 saturated heterocycles. The van der Waals surface area contributed by atoms with E-state index in [2.05, 4.69) is 11.6 Å². The van der Waals surface area contributed by atoms with Crippen molar-refractivity contribution < 1.29 is 31.9 Å². The third-order valence-electron chi connectivity index (χ3n) is 5.43. The molecule has 0 aromatic carbocycles. The summed E-state index contributed by atoms with van der Waals surface area (Å²) in [4.78, 5) is 31.8. The van der Waals surface area contributed by atoms with E-state index in [0.29, 0.717) is 11.5 Å². The van der Waals surface area contributed by atoms with Crippen LogP contribution in [0.4, 0.5) is 18.0 Å². The number of rotatable bonds is 7. The number of hydrogen-bond donors (Lipinski definition) is 2. The largest absolute Gasteiger partial charge is 0.458 e. The molecule has 3 N–H and O–H groups in total. The Morgan fingerprint density at radius 1 is 1.29 bits per heavy atom. The van der Waals surface area contributed by atoms with Gasteiger partial charge >= 0.3 is 12.3 Å². The molecule has 2 amide bonds. The molecule has 1 aliphatic heterocycles. The Bertz CT molecular complexity index is 1010. The highest BCUT2D eigenvalue weighted by atomic mass is 19.4. The molecule has 3 rings (SSSR count). The monoisotopic (exact) mass is 481 g/mol. The number of alkyl halides is 3. The highest BCUT2D eigenvalue weighted by Gasteiger charge is 2.43. The van der Waals surface area contributed by atoms with Crippen LogP contribution in [0.5, 0.6) is 0 Å². The van der Waals surface area contributed by atoms with Crippen molar-refractivity contribution in [3.8, 4) is 11.3 Å². The van der Waals surface area contributed by atoms with Crippen molar-refractivity contribution in [1.82, 2.24) is 20.1 Å². The first-order valence-corrected chi connectivity index (χ1v) is 10.5. The maximum absolute atomic E-state index is 12.7. The van der Waals surface area contributed by atoms with Crippen LogP contribution in [0.3, 0.4) is 0 Å². The Morgan fingerprint density at radius 2 is 2.00 bits per heavy atom. The van der Waals surface area contributed by atoms with E-state index in [-0.39, 0.29) is 26.2 Å². The third kappa shape index (κ3) is 5.94. The number of pyridine rings is 1. The van der Waals surface area contributed by atoms with Crippen molar-refractivity contribution in [2.45, 2.75) is 24.8 Å². The number of nitrogens with zero attached hydrogens (tertiary/aromatic N) is 3. The van der Waals surface area contributed by atoms with Gasteiger partial charge in [-0.25, -0.2) is 4.79 Å². The predicted octanol–water partition coefficient (Wildman–Crippen LogP) is 2.46. The van der Waals surface area contributed by atoms with Crippen LogP contribution >= 0.6 is 0 Å². The van der Waals surface area contributed by atoms with Gasteiger partial charge in [0, 0.05) is 37.6 Å². The molecule has 2 aromatic rings. The van der Waals surface area contributed by atoms with Gasteiger partial charge in [-0.1, -0.05) is 12.7 Å². The number of nitrogens with one attached hydrogen (secondary N) is 1. The van der Waals surface area contributed by atoms with Gasteiger partial charge in [-0.05, 0) is 31.2 Å². The zero-order valence-corrected chi connectivity index (χ0v) is 18.5. The second kappa shape index (κ2) is 10.3. The maximum atomic E-state index is 12.7. The molecule has 12 heteroatoms. The molecule has 0 saturated carbocycles. The fourth-order valence-corrected chi connectivity index (χ4v) is 3.60. The lowest BCUT2D eigenvalue weighted by Crippen LogP contribution is -2.66. The minimum absolute atomic E-state index is 0.00475.